The number of hydrogen-bond acceptors (Lipinski definition) is 1. The first-order valence-corrected chi connectivity index (χ1v) is 5.82. The summed E-state index contributed by atoms with van der Waals surface area (Å²) < 4.78 is 2.15. The van der Waals surface area contributed by atoms with Crippen molar-refractivity contribution in [2.75, 3.05) is 0 Å². The largest absolute Gasteiger partial charge is 0.366 e. The third-order valence-corrected chi connectivity index (χ3v) is 3.24. The lowest BCUT2D eigenvalue weighted by atomic mass is 10.2. The van der Waals surface area contributed by atoms with Gasteiger partial charge in [0.05, 0.1) is 11.6 Å². The lowest BCUT2D eigenvalue weighted by Gasteiger charge is -1.98. The van der Waals surface area contributed by atoms with Gasteiger partial charge in [0, 0.05) is 42.3 Å². The maximum atomic E-state index is 4.30. The standard InChI is InChI=1S/C14H10N4/c1-2-12-13(3-4-17-12)18(5-1)14-9-16-7-10-6-15-8-11(10)14/h1-9H,(H,15,16)/p+1. The van der Waals surface area contributed by atoms with Crippen LogP contribution in [0.2, 0.25) is 0 Å². The monoisotopic (exact) mass is 235 g/mol. The molecule has 86 valence electrons. The molecule has 0 atom stereocenters. The average molecular weight is 235 g/mol. The molecule has 0 aliphatic carbocycles. The van der Waals surface area contributed by atoms with Crippen molar-refractivity contribution in [3.8, 4) is 5.69 Å². The van der Waals surface area contributed by atoms with Gasteiger partial charge in [-0.25, -0.2) is 0 Å². The predicted molar refractivity (Wildman–Crippen MR) is 69.5 cm³/mol. The number of pyridine rings is 2. The minimum Gasteiger partial charge on any atom is -0.366 e. The highest BCUT2D eigenvalue weighted by atomic mass is 15.0. The molecule has 0 aromatic carbocycles. The third kappa shape index (κ3) is 1.20. The summed E-state index contributed by atoms with van der Waals surface area (Å²) in [6.07, 6.45) is 11.7. The highest BCUT2D eigenvalue weighted by molar-refractivity contribution is 5.87. The number of fused-ring (bicyclic) bond motifs is 2. The van der Waals surface area contributed by atoms with E-state index in [1.807, 2.05) is 37.1 Å². The zero-order valence-electron chi connectivity index (χ0n) is 9.59. The summed E-state index contributed by atoms with van der Waals surface area (Å²) in [5.74, 6) is 0. The maximum Gasteiger partial charge on any atom is 0.239 e. The predicted octanol–water partition coefficient (Wildman–Crippen LogP) is 2.32. The molecule has 0 unspecified atom stereocenters. The maximum absolute atomic E-state index is 4.30. The summed E-state index contributed by atoms with van der Waals surface area (Å²) in [5, 5.41) is 2.29. The summed E-state index contributed by atoms with van der Waals surface area (Å²) in [6.45, 7) is 0. The molecule has 4 nitrogen and oxygen atoms in total. The lowest BCUT2D eigenvalue weighted by Crippen LogP contribution is -2.30. The number of aromatic amines is 2. The van der Waals surface area contributed by atoms with Crippen LogP contribution in [0.1, 0.15) is 0 Å². The number of nitrogens with zero attached hydrogens (tertiary/aromatic N) is 2. The smallest absolute Gasteiger partial charge is 0.239 e. The van der Waals surface area contributed by atoms with Crippen molar-refractivity contribution >= 4 is 21.8 Å². The third-order valence-electron chi connectivity index (χ3n) is 3.24. The van der Waals surface area contributed by atoms with Crippen molar-refractivity contribution < 1.29 is 4.57 Å². The fourth-order valence-electron chi connectivity index (χ4n) is 2.39. The molecule has 2 N–H and O–H groups in total. The van der Waals surface area contributed by atoms with Crippen LogP contribution in [-0.4, -0.2) is 15.0 Å². The minimum absolute atomic E-state index is 1.08. The van der Waals surface area contributed by atoms with Crippen molar-refractivity contribution in [3.63, 3.8) is 0 Å². The summed E-state index contributed by atoms with van der Waals surface area (Å²) in [5.41, 5.74) is 3.34. The molecule has 4 aromatic rings. The Bertz CT molecular complexity index is 769. The Kier molecular flexibility index (Phi) is 1.80. The zero-order valence-corrected chi connectivity index (χ0v) is 9.59. The van der Waals surface area contributed by atoms with E-state index >= 15 is 0 Å². The average Bonchev–Trinajstić information content (AvgIpc) is 3.06. The fourth-order valence-corrected chi connectivity index (χ4v) is 2.39. The van der Waals surface area contributed by atoms with Crippen LogP contribution < -0.4 is 4.57 Å². The van der Waals surface area contributed by atoms with E-state index in [9.17, 15) is 0 Å². The molecule has 0 aliphatic heterocycles. The van der Waals surface area contributed by atoms with Gasteiger partial charge in [-0.2, -0.15) is 4.57 Å². The molecule has 0 fully saturated rings. The lowest BCUT2D eigenvalue weighted by molar-refractivity contribution is -0.565. The van der Waals surface area contributed by atoms with Gasteiger partial charge in [-0.05, 0) is 6.07 Å². The van der Waals surface area contributed by atoms with E-state index < -0.39 is 0 Å². The summed E-state index contributed by atoms with van der Waals surface area (Å²) in [4.78, 5) is 10.7. The highest BCUT2D eigenvalue weighted by Gasteiger charge is 2.16. The number of nitrogens with one attached hydrogen (secondary N) is 2. The van der Waals surface area contributed by atoms with E-state index in [0.717, 1.165) is 22.1 Å². The molecule has 4 aromatic heterocycles. The molecule has 4 rings (SSSR count). The Morgan fingerprint density at radius 3 is 3.11 bits per heavy atom. The molecule has 0 aliphatic rings. The number of aromatic nitrogens is 4. The molecular formula is C14H11N4+. The van der Waals surface area contributed by atoms with Gasteiger partial charge in [0.15, 0.2) is 6.20 Å². The number of hydrogen-bond donors (Lipinski definition) is 2. The van der Waals surface area contributed by atoms with Gasteiger partial charge in [0.25, 0.3) is 0 Å². The van der Waals surface area contributed by atoms with Crippen LogP contribution in [-0.2, 0) is 0 Å². The summed E-state index contributed by atoms with van der Waals surface area (Å²) >= 11 is 0. The molecule has 18 heavy (non-hydrogen) atoms. The molecular weight excluding hydrogens is 224 g/mol. The van der Waals surface area contributed by atoms with Gasteiger partial charge in [-0.15, -0.1) is 0 Å². The van der Waals surface area contributed by atoms with Crippen LogP contribution in [0.25, 0.3) is 27.5 Å². The molecule has 4 heteroatoms. The second-order valence-electron chi connectivity index (χ2n) is 4.27. The van der Waals surface area contributed by atoms with Crippen LogP contribution in [0.15, 0.2) is 55.4 Å². The Balaban J connectivity index is 2.13. The molecule has 0 saturated heterocycles. The van der Waals surface area contributed by atoms with E-state index in [1.165, 1.54) is 5.39 Å². The fraction of sp³-hybridized carbons (Fsp3) is 0. The molecule has 0 spiro atoms. The van der Waals surface area contributed by atoms with Crippen LogP contribution in [0.3, 0.4) is 0 Å². The number of rotatable bonds is 1. The van der Waals surface area contributed by atoms with E-state index in [1.54, 1.807) is 0 Å². The zero-order chi connectivity index (χ0) is 11.9. The van der Waals surface area contributed by atoms with E-state index in [-0.39, 0.29) is 0 Å². The minimum atomic E-state index is 1.08. The van der Waals surface area contributed by atoms with E-state index in [4.69, 9.17) is 0 Å². The van der Waals surface area contributed by atoms with Crippen LogP contribution in [0.4, 0.5) is 0 Å². The quantitative estimate of drug-likeness (QED) is 0.489. The normalized spacial score (nSPS) is 11.3. The van der Waals surface area contributed by atoms with E-state index in [2.05, 4.69) is 37.8 Å². The molecule has 4 heterocycles. The van der Waals surface area contributed by atoms with Gasteiger partial charge in [-0.3, -0.25) is 4.98 Å². The Morgan fingerprint density at radius 1 is 1.11 bits per heavy atom. The first-order valence-electron chi connectivity index (χ1n) is 5.82. The van der Waals surface area contributed by atoms with Gasteiger partial charge >= 0.3 is 0 Å². The van der Waals surface area contributed by atoms with Crippen LogP contribution in [0.5, 0.6) is 0 Å². The Morgan fingerprint density at radius 2 is 2.11 bits per heavy atom. The first kappa shape index (κ1) is 9.41. The summed E-state index contributed by atoms with van der Waals surface area (Å²) in [7, 11) is 0. The highest BCUT2D eigenvalue weighted by Crippen LogP contribution is 2.18. The van der Waals surface area contributed by atoms with E-state index in [0.29, 0.717) is 0 Å². The van der Waals surface area contributed by atoms with Crippen molar-refractivity contribution in [1.29, 1.82) is 0 Å². The van der Waals surface area contributed by atoms with Crippen molar-refractivity contribution in [2.24, 2.45) is 0 Å². The Labute approximate surface area is 103 Å². The van der Waals surface area contributed by atoms with Gasteiger partial charge in [0.1, 0.15) is 5.52 Å². The van der Waals surface area contributed by atoms with Gasteiger partial charge in [-0.1, -0.05) is 0 Å². The van der Waals surface area contributed by atoms with Crippen molar-refractivity contribution in [1.82, 2.24) is 15.0 Å². The molecule has 0 saturated carbocycles. The summed E-state index contributed by atoms with van der Waals surface area (Å²) in [6, 6.07) is 6.17. The molecule has 0 amide bonds. The number of H-pyrrole nitrogens is 2. The van der Waals surface area contributed by atoms with Crippen molar-refractivity contribution in [2.45, 2.75) is 0 Å². The van der Waals surface area contributed by atoms with Gasteiger partial charge < -0.3 is 9.97 Å². The second kappa shape index (κ2) is 3.43. The first-order chi connectivity index (χ1) is 8.93. The van der Waals surface area contributed by atoms with Gasteiger partial charge in [0.2, 0.25) is 11.2 Å². The van der Waals surface area contributed by atoms with Crippen LogP contribution >= 0.6 is 0 Å². The van der Waals surface area contributed by atoms with Crippen LogP contribution in [0, 0.1) is 0 Å². The SMILES string of the molecule is c1cc2[nH]ccc2[n+](-c2cncc3c[nH]cc23)c1. The topological polar surface area (TPSA) is 48.4 Å². The van der Waals surface area contributed by atoms with Crippen molar-refractivity contribution in [3.05, 3.63) is 55.4 Å². The molecule has 0 bridgehead atoms. The Hall–Kier alpha value is -2.62. The second-order valence-corrected chi connectivity index (χ2v) is 4.27. The molecule has 0 radical (unpaired) electrons.